The number of hydrogen-bond acceptors (Lipinski definition) is 7. The zero-order valence-electron chi connectivity index (χ0n) is 18.8. The summed E-state index contributed by atoms with van der Waals surface area (Å²) >= 11 is 0. The number of ether oxygens (including phenoxy) is 2. The Balaban J connectivity index is 1.64. The van der Waals surface area contributed by atoms with Gasteiger partial charge in [-0.05, 0) is 25.6 Å². The monoisotopic (exact) mass is 425 g/mol. The minimum atomic E-state index is -0.0951. The first-order valence-electron chi connectivity index (χ1n) is 10.9. The maximum Gasteiger partial charge on any atom is 0.261 e. The maximum absolute atomic E-state index is 13.5. The van der Waals surface area contributed by atoms with E-state index in [1.165, 1.54) is 0 Å². The van der Waals surface area contributed by atoms with Crippen molar-refractivity contribution in [2.75, 3.05) is 58.4 Å². The molecule has 4 rings (SSSR count). The van der Waals surface area contributed by atoms with Gasteiger partial charge in [0.05, 0.1) is 26.5 Å². The molecule has 8 heteroatoms. The third-order valence-electron chi connectivity index (χ3n) is 6.20. The van der Waals surface area contributed by atoms with Gasteiger partial charge in [-0.3, -0.25) is 4.79 Å². The molecule has 31 heavy (non-hydrogen) atoms. The molecule has 0 bridgehead atoms. The highest BCUT2D eigenvalue weighted by Crippen LogP contribution is 2.33. The number of anilines is 1. The van der Waals surface area contributed by atoms with E-state index < -0.39 is 0 Å². The van der Waals surface area contributed by atoms with Crippen molar-refractivity contribution in [1.82, 2.24) is 19.8 Å². The van der Waals surface area contributed by atoms with Crippen molar-refractivity contribution in [3.63, 3.8) is 0 Å². The fraction of sp³-hybridized carbons (Fsp3) is 0.522. The number of piperazine rings is 1. The number of methoxy groups -OCH3 is 2. The van der Waals surface area contributed by atoms with Crippen LogP contribution in [0.2, 0.25) is 0 Å². The highest BCUT2D eigenvalue weighted by molar-refractivity contribution is 6.00. The molecule has 0 spiro atoms. The topological polar surface area (TPSA) is 71.0 Å². The fourth-order valence-electron chi connectivity index (χ4n) is 4.45. The molecular formula is C23H31N5O3. The molecule has 2 aliphatic rings. The minimum absolute atomic E-state index is 0.0951. The van der Waals surface area contributed by atoms with Crippen LogP contribution >= 0.6 is 0 Å². The van der Waals surface area contributed by atoms with E-state index in [1.54, 1.807) is 26.4 Å². The predicted octanol–water partition coefficient (Wildman–Crippen LogP) is 2.14. The van der Waals surface area contributed by atoms with Gasteiger partial charge in [-0.15, -0.1) is 0 Å². The summed E-state index contributed by atoms with van der Waals surface area (Å²) in [5.41, 5.74) is 2.57. The maximum atomic E-state index is 13.5. The molecule has 1 amide bonds. The second kappa shape index (κ2) is 9.09. The molecule has 3 heterocycles. The van der Waals surface area contributed by atoms with Crippen LogP contribution in [0, 0.1) is 6.92 Å². The third kappa shape index (κ3) is 4.17. The van der Waals surface area contributed by atoms with Gasteiger partial charge in [-0.2, -0.15) is 0 Å². The predicted molar refractivity (Wildman–Crippen MR) is 119 cm³/mol. The Hall–Kier alpha value is -2.87. The molecule has 0 radical (unpaired) electrons. The number of rotatable bonds is 5. The van der Waals surface area contributed by atoms with Gasteiger partial charge in [0.1, 0.15) is 28.7 Å². The number of nitrogens with zero attached hydrogens (tertiary/aromatic N) is 5. The average molecular weight is 426 g/mol. The second-order valence-corrected chi connectivity index (χ2v) is 7.96. The summed E-state index contributed by atoms with van der Waals surface area (Å²) < 4.78 is 10.9. The molecule has 0 atom stereocenters. The Morgan fingerprint density at radius 1 is 1.03 bits per heavy atom. The molecule has 0 N–H and O–H groups in total. The second-order valence-electron chi connectivity index (χ2n) is 7.96. The summed E-state index contributed by atoms with van der Waals surface area (Å²) in [6.07, 6.45) is 0.712. The minimum Gasteiger partial charge on any atom is -0.496 e. The van der Waals surface area contributed by atoms with E-state index in [-0.39, 0.29) is 5.91 Å². The quantitative estimate of drug-likeness (QED) is 0.727. The lowest BCUT2D eigenvalue weighted by Gasteiger charge is -2.38. The van der Waals surface area contributed by atoms with Crippen LogP contribution in [-0.4, -0.2) is 79.2 Å². The van der Waals surface area contributed by atoms with Crippen LogP contribution in [0.3, 0.4) is 0 Å². The smallest absolute Gasteiger partial charge is 0.261 e. The third-order valence-corrected chi connectivity index (χ3v) is 6.20. The molecule has 1 fully saturated rings. The van der Waals surface area contributed by atoms with E-state index in [2.05, 4.69) is 16.7 Å². The first-order valence-corrected chi connectivity index (χ1v) is 10.9. The van der Waals surface area contributed by atoms with Crippen molar-refractivity contribution >= 4 is 11.7 Å². The zero-order chi connectivity index (χ0) is 22.0. The van der Waals surface area contributed by atoms with Crippen LogP contribution in [0.5, 0.6) is 11.5 Å². The number of benzene rings is 1. The lowest BCUT2D eigenvalue weighted by molar-refractivity contribution is 0.0726. The molecule has 1 aromatic carbocycles. The van der Waals surface area contributed by atoms with Crippen molar-refractivity contribution in [3.05, 3.63) is 40.8 Å². The van der Waals surface area contributed by atoms with Crippen molar-refractivity contribution in [2.24, 2.45) is 0 Å². The number of carbonyl (C=O) groups excluding carboxylic acids is 1. The van der Waals surface area contributed by atoms with E-state index >= 15 is 0 Å². The standard InChI is InChI=1S/C23H31N5O3/c1-5-26-11-13-27(14-12-26)22-17-15-28(10-9-18(17)24-16(2)25-22)23(29)21-19(30-3)7-6-8-20(21)31-4/h6-8H,5,9-15H2,1-4H3. The molecule has 8 nitrogen and oxygen atoms in total. The normalized spacial score (nSPS) is 16.8. The summed E-state index contributed by atoms with van der Waals surface area (Å²) in [5, 5.41) is 0. The molecule has 1 saturated heterocycles. The van der Waals surface area contributed by atoms with E-state index in [1.807, 2.05) is 17.9 Å². The number of aryl methyl sites for hydroxylation is 1. The zero-order valence-corrected chi connectivity index (χ0v) is 18.8. The summed E-state index contributed by atoms with van der Waals surface area (Å²) in [7, 11) is 3.14. The highest BCUT2D eigenvalue weighted by atomic mass is 16.5. The Labute approximate surface area is 183 Å². The Bertz CT molecular complexity index is 934. The van der Waals surface area contributed by atoms with E-state index in [0.717, 1.165) is 55.6 Å². The molecule has 2 aromatic rings. The summed E-state index contributed by atoms with van der Waals surface area (Å²) in [6, 6.07) is 5.40. The van der Waals surface area contributed by atoms with E-state index in [4.69, 9.17) is 19.4 Å². The molecule has 2 aliphatic heterocycles. The average Bonchev–Trinajstić information content (AvgIpc) is 2.82. The number of fused-ring (bicyclic) bond motifs is 1. The largest absolute Gasteiger partial charge is 0.496 e. The SMILES string of the molecule is CCN1CCN(c2nc(C)nc3c2CN(C(=O)c2c(OC)cccc2OC)CC3)CC1. The van der Waals surface area contributed by atoms with Gasteiger partial charge >= 0.3 is 0 Å². The summed E-state index contributed by atoms with van der Waals surface area (Å²) in [4.78, 5) is 29.7. The summed E-state index contributed by atoms with van der Waals surface area (Å²) in [5.74, 6) is 2.71. The summed E-state index contributed by atoms with van der Waals surface area (Å²) in [6.45, 7) is 10.2. The van der Waals surface area contributed by atoms with Gasteiger partial charge in [-0.1, -0.05) is 13.0 Å². The Kier molecular flexibility index (Phi) is 6.27. The van der Waals surface area contributed by atoms with Gasteiger partial charge in [0.25, 0.3) is 5.91 Å². The Morgan fingerprint density at radius 3 is 2.32 bits per heavy atom. The first-order chi connectivity index (χ1) is 15.0. The highest BCUT2D eigenvalue weighted by Gasteiger charge is 2.31. The number of likely N-dealkylation sites (N-methyl/N-ethyl adjacent to an activating group) is 1. The number of carbonyl (C=O) groups is 1. The number of amides is 1. The van der Waals surface area contributed by atoms with Crippen molar-refractivity contribution in [1.29, 1.82) is 0 Å². The van der Waals surface area contributed by atoms with Gasteiger partial charge in [0.2, 0.25) is 0 Å². The molecule has 1 aromatic heterocycles. The van der Waals surface area contributed by atoms with Crippen molar-refractivity contribution in [3.8, 4) is 11.5 Å². The molecule has 0 unspecified atom stereocenters. The lowest BCUT2D eigenvalue weighted by atomic mass is 10.0. The Morgan fingerprint density at radius 2 is 1.71 bits per heavy atom. The van der Waals surface area contributed by atoms with E-state index in [0.29, 0.717) is 36.6 Å². The fourth-order valence-corrected chi connectivity index (χ4v) is 4.45. The van der Waals surface area contributed by atoms with Crippen LogP contribution in [0.25, 0.3) is 0 Å². The molecule has 0 saturated carbocycles. The van der Waals surface area contributed by atoms with Gasteiger partial charge in [-0.25, -0.2) is 9.97 Å². The van der Waals surface area contributed by atoms with E-state index in [9.17, 15) is 4.79 Å². The van der Waals surface area contributed by atoms with Crippen LogP contribution < -0.4 is 14.4 Å². The molecule has 0 aliphatic carbocycles. The van der Waals surface area contributed by atoms with Gasteiger partial charge in [0, 0.05) is 44.7 Å². The van der Waals surface area contributed by atoms with Crippen LogP contribution in [-0.2, 0) is 13.0 Å². The number of hydrogen-bond donors (Lipinski definition) is 0. The van der Waals surface area contributed by atoms with Crippen LogP contribution in [0.4, 0.5) is 5.82 Å². The van der Waals surface area contributed by atoms with Gasteiger partial charge in [0.15, 0.2) is 0 Å². The molecule has 166 valence electrons. The van der Waals surface area contributed by atoms with Crippen molar-refractivity contribution in [2.45, 2.75) is 26.8 Å². The first kappa shape index (κ1) is 21.4. The van der Waals surface area contributed by atoms with Crippen LogP contribution in [0.15, 0.2) is 18.2 Å². The van der Waals surface area contributed by atoms with Crippen molar-refractivity contribution < 1.29 is 14.3 Å². The molecular weight excluding hydrogens is 394 g/mol. The lowest BCUT2D eigenvalue weighted by Crippen LogP contribution is -2.47. The van der Waals surface area contributed by atoms with Gasteiger partial charge < -0.3 is 24.2 Å². The van der Waals surface area contributed by atoms with Crippen LogP contribution in [0.1, 0.15) is 34.4 Å². The number of aromatic nitrogens is 2.